The summed E-state index contributed by atoms with van der Waals surface area (Å²) in [4.78, 5) is 10.7. The molecule has 1 atom stereocenters. The van der Waals surface area contributed by atoms with Crippen LogP contribution in [-0.2, 0) is 14.1 Å². The van der Waals surface area contributed by atoms with Crippen molar-refractivity contribution in [3.8, 4) is 0 Å². The molecule has 4 nitrogen and oxygen atoms in total. The summed E-state index contributed by atoms with van der Waals surface area (Å²) in [6, 6.07) is 0. The van der Waals surface area contributed by atoms with E-state index in [4.69, 9.17) is 0 Å². The van der Waals surface area contributed by atoms with Crippen LogP contribution < -0.4 is 5.09 Å². The molecule has 0 radical (unpaired) electrons. The van der Waals surface area contributed by atoms with E-state index in [0.717, 1.165) is 0 Å². The molecular weight excluding hydrogens is 165 g/mol. The largest absolute Gasteiger partial charge is 0.466 e. The van der Waals surface area contributed by atoms with E-state index in [1.54, 1.807) is 13.6 Å². The van der Waals surface area contributed by atoms with Gasteiger partial charge < -0.3 is 4.74 Å². The van der Waals surface area contributed by atoms with Gasteiger partial charge in [0.1, 0.15) is 0 Å². The number of carbonyl (C=O) groups is 1. The van der Waals surface area contributed by atoms with E-state index in [1.807, 2.05) is 0 Å². The van der Waals surface area contributed by atoms with Crippen molar-refractivity contribution in [3.63, 3.8) is 0 Å². The maximum absolute atomic E-state index is 10.7. The molecule has 0 aliphatic rings. The highest BCUT2D eigenvalue weighted by atomic mass is 31.1. The number of hydrogen-bond acceptors (Lipinski definition) is 3. The van der Waals surface area contributed by atoms with Gasteiger partial charge in [-0.05, 0) is 6.92 Å². The second kappa shape index (κ2) is 6.25. The van der Waals surface area contributed by atoms with Crippen LogP contribution in [0.3, 0.4) is 0 Å². The zero-order valence-corrected chi connectivity index (χ0v) is 7.69. The van der Waals surface area contributed by atoms with Crippen LogP contribution in [0.15, 0.2) is 0 Å². The first-order valence-electron chi connectivity index (χ1n) is 3.46. The van der Waals surface area contributed by atoms with Gasteiger partial charge in [0.15, 0.2) is 6.66 Å². The van der Waals surface area contributed by atoms with Gasteiger partial charge in [-0.3, -0.25) is 4.79 Å². The van der Waals surface area contributed by atoms with Crippen molar-refractivity contribution in [3.05, 3.63) is 0 Å². The Bertz CT molecular complexity index is 149. The lowest BCUT2D eigenvalue weighted by molar-refractivity contribution is -0.142. The van der Waals surface area contributed by atoms with Gasteiger partial charge in [0.2, 0.25) is 0 Å². The molecule has 0 saturated heterocycles. The summed E-state index contributed by atoms with van der Waals surface area (Å²) in [7, 11) is -1.35. The van der Waals surface area contributed by atoms with Crippen molar-refractivity contribution in [2.45, 2.75) is 13.3 Å². The van der Waals surface area contributed by atoms with Crippen LogP contribution in [0.4, 0.5) is 0 Å². The van der Waals surface area contributed by atoms with E-state index in [1.165, 1.54) is 0 Å². The molecule has 0 rings (SSSR count). The molecule has 0 aromatic carbocycles. The number of esters is 1. The summed E-state index contributed by atoms with van der Waals surface area (Å²) in [5.41, 5.74) is 0. The van der Waals surface area contributed by atoms with Gasteiger partial charge in [0.25, 0.3) is 0 Å². The Morgan fingerprint density at radius 3 is 2.73 bits per heavy atom. The Morgan fingerprint density at radius 2 is 2.27 bits per heavy atom. The highest BCUT2D eigenvalue weighted by molar-refractivity contribution is 7.41. The molecule has 0 saturated carbocycles. The molecule has 0 heterocycles. The highest BCUT2D eigenvalue weighted by Gasteiger charge is 2.06. The SMILES string of the molecule is CCOC(=O)CCN[P+](C)=O. The molecule has 0 aromatic heterocycles. The maximum Gasteiger partial charge on any atom is 0.428 e. The molecule has 11 heavy (non-hydrogen) atoms. The summed E-state index contributed by atoms with van der Waals surface area (Å²) in [6.07, 6.45) is 0.281. The first kappa shape index (κ1) is 10.5. The third-order valence-corrected chi connectivity index (χ3v) is 1.64. The Kier molecular flexibility index (Phi) is 5.99. The molecule has 0 aliphatic heterocycles. The van der Waals surface area contributed by atoms with Crippen LogP contribution >= 0.6 is 7.95 Å². The summed E-state index contributed by atoms with van der Waals surface area (Å²) >= 11 is 0. The summed E-state index contributed by atoms with van der Waals surface area (Å²) in [5, 5.41) is 2.64. The molecular formula is C6H13NO3P+. The van der Waals surface area contributed by atoms with Gasteiger partial charge in [-0.1, -0.05) is 4.57 Å². The van der Waals surface area contributed by atoms with Crippen LogP contribution in [-0.4, -0.2) is 25.8 Å². The Hall–Kier alpha value is -0.470. The molecule has 0 amide bonds. The molecule has 64 valence electrons. The minimum Gasteiger partial charge on any atom is -0.466 e. The van der Waals surface area contributed by atoms with Gasteiger partial charge in [-0.15, -0.1) is 5.09 Å². The number of nitrogens with one attached hydrogen (secondary N) is 1. The van der Waals surface area contributed by atoms with Gasteiger partial charge >= 0.3 is 13.9 Å². The average molecular weight is 178 g/mol. The van der Waals surface area contributed by atoms with Crippen molar-refractivity contribution in [2.75, 3.05) is 19.8 Å². The number of hydrogen-bond donors (Lipinski definition) is 1. The average Bonchev–Trinajstić information content (AvgIpc) is 1.87. The molecule has 5 heteroatoms. The van der Waals surface area contributed by atoms with Crippen LogP contribution in [0, 0.1) is 0 Å². The zero-order valence-electron chi connectivity index (χ0n) is 6.79. The van der Waals surface area contributed by atoms with E-state index in [0.29, 0.717) is 13.2 Å². The summed E-state index contributed by atoms with van der Waals surface area (Å²) < 4.78 is 15.1. The lowest BCUT2D eigenvalue weighted by atomic mass is 10.4. The third-order valence-electron chi connectivity index (χ3n) is 0.969. The fourth-order valence-electron chi connectivity index (χ4n) is 0.549. The third kappa shape index (κ3) is 7.43. The van der Waals surface area contributed by atoms with Crippen molar-refractivity contribution in [1.29, 1.82) is 0 Å². The fraction of sp³-hybridized carbons (Fsp3) is 0.833. The van der Waals surface area contributed by atoms with Crippen molar-refractivity contribution < 1.29 is 14.1 Å². The van der Waals surface area contributed by atoms with Gasteiger partial charge in [-0.2, -0.15) is 0 Å². The number of ether oxygens (including phenoxy) is 1. The van der Waals surface area contributed by atoms with Crippen molar-refractivity contribution in [1.82, 2.24) is 5.09 Å². The Morgan fingerprint density at radius 1 is 1.64 bits per heavy atom. The fourth-order valence-corrected chi connectivity index (χ4v) is 0.975. The van der Waals surface area contributed by atoms with E-state index in [9.17, 15) is 9.36 Å². The zero-order chi connectivity index (χ0) is 8.69. The van der Waals surface area contributed by atoms with Crippen LogP contribution in [0.1, 0.15) is 13.3 Å². The second-order valence-electron chi connectivity index (χ2n) is 1.96. The Balaban J connectivity index is 3.24. The molecule has 1 N–H and O–H groups in total. The molecule has 0 aromatic rings. The number of carbonyl (C=O) groups excluding carboxylic acids is 1. The summed E-state index contributed by atoms with van der Waals surface area (Å²) in [5.74, 6) is -0.253. The maximum atomic E-state index is 10.7. The monoisotopic (exact) mass is 178 g/mol. The lowest BCUT2D eigenvalue weighted by Crippen LogP contribution is -2.13. The van der Waals surface area contributed by atoms with E-state index in [2.05, 4.69) is 9.82 Å². The first-order valence-corrected chi connectivity index (χ1v) is 5.17. The molecule has 0 fully saturated rings. The van der Waals surface area contributed by atoms with Gasteiger partial charge in [0.05, 0.1) is 19.6 Å². The molecule has 1 unspecified atom stereocenters. The number of rotatable bonds is 5. The normalized spacial score (nSPS) is 10.9. The predicted molar refractivity (Wildman–Crippen MR) is 42.8 cm³/mol. The van der Waals surface area contributed by atoms with Gasteiger partial charge in [0, 0.05) is 0 Å². The Labute approximate surface area is 67.1 Å². The highest BCUT2D eigenvalue weighted by Crippen LogP contribution is 2.04. The topological polar surface area (TPSA) is 55.4 Å². The standard InChI is InChI=1S/C6H13NO3P/c1-3-10-6(8)4-5-7-11(2)9/h3-5H2,1-2H3,(H,7,9)/q+1. The molecule has 0 bridgehead atoms. The van der Waals surface area contributed by atoms with Crippen LogP contribution in [0.5, 0.6) is 0 Å². The molecule has 0 spiro atoms. The first-order chi connectivity index (χ1) is 5.16. The van der Waals surface area contributed by atoms with E-state index >= 15 is 0 Å². The summed E-state index contributed by atoms with van der Waals surface area (Å²) in [6.45, 7) is 4.13. The minimum atomic E-state index is -1.35. The van der Waals surface area contributed by atoms with Crippen LogP contribution in [0.25, 0.3) is 0 Å². The van der Waals surface area contributed by atoms with Gasteiger partial charge in [-0.25, -0.2) is 0 Å². The van der Waals surface area contributed by atoms with E-state index in [-0.39, 0.29) is 12.4 Å². The lowest BCUT2D eigenvalue weighted by Gasteiger charge is -1.97. The smallest absolute Gasteiger partial charge is 0.428 e. The van der Waals surface area contributed by atoms with E-state index < -0.39 is 7.95 Å². The van der Waals surface area contributed by atoms with Crippen molar-refractivity contribution in [2.24, 2.45) is 0 Å². The quantitative estimate of drug-likeness (QED) is 0.502. The second-order valence-corrected chi connectivity index (χ2v) is 3.27. The van der Waals surface area contributed by atoms with Crippen LogP contribution in [0.2, 0.25) is 0 Å². The van der Waals surface area contributed by atoms with Crippen molar-refractivity contribution >= 4 is 13.9 Å². The molecule has 0 aliphatic carbocycles. The minimum absolute atomic E-state index is 0.253. The predicted octanol–water partition coefficient (Wildman–Crippen LogP) is 0.901.